The lowest BCUT2D eigenvalue weighted by Crippen LogP contribution is -2.26. The topological polar surface area (TPSA) is 128 Å². The molecule has 0 atom stereocenters. The van der Waals surface area contributed by atoms with E-state index in [0.717, 1.165) is 6.07 Å². The van der Waals surface area contributed by atoms with E-state index in [2.05, 4.69) is 5.32 Å². The molecule has 0 aromatic heterocycles. The maximum absolute atomic E-state index is 13.5. The highest BCUT2D eigenvalue weighted by Crippen LogP contribution is 2.39. The molecule has 148 valence electrons. The lowest BCUT2D eigenvalue weighted by Gasteiger charge is -2.12. The van der Waals surface area contributed by atoms with E-state index in [9.17, 15) is 24.1 Å². The van der Waals surface area contributed by atoms with Crippen LogP contribution in [-0.2, 0) is 0 Å². The summed E-state index contributed by atoms with van der Waals surface area (Å²) >= 11 is 0. The number of carbonyl (C=O) groups excluding carboxylic acids is 1. The number of nitrogens with one attached hydrogen (secondary N) is 1. The average molecular weight is 392 g/mol. The highest BCUT2D eigenvalue weighted by Gasteiger charge is 2.29. The fourth-order valence-electron chi connectivity index (χ4n) is 2.40. The first kappa shape index (κ1) is 20.6. The number of nitro benzene ring substituents is 1. The maximum atomic E-state index is 13.5. The second kappa shape index (κ2) is 9.31. The second-order valence-electron chi connectivity index (χ2n) is 5.49. The van der Waals surface area contributed by atoms with E-state index in [1.165, 1.54) is 37.4 Å². The number of benzene rings is 2. The van der Waals surface area contributed by atoms with Crippen LogP contribution in [0.1, 0.15) is 27.1 Å². The number of methoxy groups -OCH3 is 1. The van der Waals surface area contributed by atoms with Gasteiger partial charge in [-0.1, -0.05) is 12.1 Å². The quantitative estimate of drug-likeness (QED) is 0.381. The smallest absolute Gasteiger partial charge is 0.342 e. The third-order valence-corrected chi connectivity index (χ3v) is 3.70. The molecule has 1 amide bonds. The van der Waals surface area contributed by atoms with Crippen LogP contribution in [0.25, 0.3) is 0 Å². The molecule has 0 saturated heterocycles. The molecule has 0 fully saturated rings. The number of carboxylic acid groups (broad SMARTS) is 1. The van der Waals surface area contributed by atoms with Crippen molar-refractivity contribution < 1.29 is 33.5 Å². The largest absolute Gasteiger partial charge is 0.493 e. The van der Waals surface area contributed by atoms with Crippen molar-refractivity contribution in [3.8, 4) is 11.5 Å². The zero-order chi connectivity index (χ0) is 20.7. The molecule has 2 aromatic rings. The lowest BCUT2D eigenvalue weighted by atomic mass is 10.1. The van der Waals surface area contributed by atoms with Gasteiger partial charge in [-0.25, -0.2) is 9.18 Å². The molecular weight excluding hydrogens is 375 g/mol. The summed E-state index contributed by atoms with van der Waals surface area (Å²) in [5.74, 6) is -3.03. The number of ether oxygens (including phenoxy) is 2. The van der Waals surface area contributed by atoms with Crippen LogP contribution < -0.4 is 14.8 Å². The third-order valence-electron chi connectivity index (χ3n) is 3.70. The molecule has 0 spiro atoms. The minimum Gasteiger partial charge on any atom is -0.493 e. The van der Waals surface area contributed by atoms with Gasteiger partial charge < -0.3 is 19.9 Å². The zero-order valence-electron chi connectivity index (χ0n) is 14.8. The van der Waals surface area contributed by atoms with Crippen LogP contribution in [0.15, 0.2) is 36.4 Å². The Labute approximate surface area is 158 Å². The van der Waals surface area contributed by atoms with Crippen molar-refractivity contribution in [3.05, 3.63) is 63.5 Å². The Morgan fingerprint density at radius 3 is 2.54 bits per heavy atom. The van der Waals surface area contributed by atoms with Crippen molar-refractivity contribution in [2.45, 2.75) is 6.42 Å². The number of hydrogen-bond donors (Lipinski definition) is 2. The van der Waals surface area contributed by atoms with E-state index < -0.39 is 33.9 Å². The van der Waals surface area contributed by atoms with Gasteiger partial charge in [-0.2, -0.15) is 0 Å². The Morgan fingerprint density at radius 2 is 1.93 bits per heavy atom. The van der Waals surface area contributed by atoms with Crippen molar-refractivity contribution in [2.75, 3.05) is 20.3 Å². The highest BCUT2D eigenvalue weighted by atomic mass is 19.1. The van der Waals surface area contributed by atoms with Crippen LogP contribution in [0.2, 0.25) is 0 Å². The van der Waals surface area contributed by atoms with Crippen LogP contribution in [-0.4, -0.2) is 42.2 Å². The van der Waals surface area contributed by atoms with Crippen molar-refractivity contribution in [2.24, 2.45) is 0 Å². The first-order valence-electron chi connectivity index (χ1n) is 8.11. The van der Waals surface area contributed by atoms with E-state index in [-0.39, 0.29) is 36.6 Å². The molecule has 28 heavy (non-hydrogen) atoms. The molecular formula is C18H17FN2O7. The van der Waals surface area contributed by atoms with E-state index >= 15 is 0 Å². The molecule has 2 N–H and O–H groups in total. The fourth-order valence-corrected chi connectivity index (χ4v) is 2.40. The number of aromatic carboxylic acids is 1. The molecule has 0 unspecified atom stereocenters. The number of rotatable bonds is 9. The van der Waals surface area contributed by atoms with Gasteiger partial charge in [0.1, 0.15) is 11.4 Å². The van der Waals surface area contributed by atoms with Crippen LogP contribution in [0.3, 0.4) is 0 Å². The molecule has 0 heterocycles. The second-order valence-corrected chi connectivity index (χ2v) is 5.49. The zero-order valence-corrected chi connectivity index (χ0v) is 14.8. The first-order valence-corrected chi connectivity index (χ1v) is 8.11. The summed E-state index contributed by atoms with van der Waals surface area (Å²) < 4.78 is 23.9. The summed E-state index contributed by atoms with van der Waals surface area (Å²) in [5.41, 5.74) is -1.36. The summed E-state index contributed by atoms with van der Waals surface area (Å²) in [6.07, 6.45) is 0.234. The number of nitro groups is 1. The van der Waals surface area contributed by atoms with Crippen LogP contribution in [0, 0.1) is 15.9 Å². The van der Waals surface area contributed by atoms with Crippen molar-refractivity contribution >= 4 is 17.6 Å². The predicted octanol–water partition coefficient (Wildman–Crippen LogP) is 2.64. The Bertz CT molecular complexity index is 901. The number of amides is 1. The van der Waals surface area contributed by atoms with Gasteiger partial charge in [-0.15, -0.1) is 0 Å². The van der Waals surface area contributed by atoms with Gasteiger partial charge in [0, 0.05) is 6.54 Å². The molecule has 2 aromatic carbocycles. The molecule has 0 aliphatic rings. The Balaban J connectivity index is 2.01. The van der Waals surface area contributed by atoms with Crippen LogP contribution >= 0.6 is 0 Å². The molecule has 0 radical (unpaired) electrons. The summed E-state index contributed by atoms with van der Waals surface area (Å²) in [5, 5.41) is 22.9. The molecule has 2 rings (SSSR count). The van der Waals surface area contributed by atoms with Gasteiger partial charge in [-0.05, 0) is 30.7 Å². The maximum Gasteiger partial charge on any atom is 0.342 e. The number of hydrogen-bond acceptors (Lipinski definition) is 6. The predicted molar refractivity (Wildman–Crippen MR) is 95.5 cm³/mol. The summed E-state index contributed by atoms with van der Waals surface area (Å²) in [6, 6.07) is 7.81. The number of carboxylic acids is 1. The van der Waals surface area contributed by atoms with E-state index in [1.807, 2.05) is 0 Å². The number of nitrogens with zero attached hydrogens (tertiary/aromatic N) is 1. The van der Waals surface area contributed by atoms with E-state index in [0.29, 0.717) is 0 Å². The summed E-state index contributed by atoms with van der Waals surface area (Å²) in [7, 11) is 1.26. The molecule has 0 aliphatic carbocycles. The SMILES string of the molecule is COc1ccc(C(=O)O)c([N+](=O)[O-])c1OCCCNC(=O)c1ccccc1F. The highest BCUT2D eigenvalue weighted by molar-refractivity contribution is 5.95. The van der Waals surface area contributed by atoms with Crippen LogP contribution in [0.5, 0.6) is 11.5 Å². The molecule has 0 aliphatic heterocycles. The number of halogens is 1. The number of carbonyl (C=O) groups is 2. The minimum atomic E-state index is -1.48. The Hall–Kier alpha value is -3.69. The fraction of sp³-hybridized carbons (Fsp3) is 0.222. The molecule has 0 saturated carbocycles. The van der Waals surface area contributed by atoms with Gasteiger partial charge in [0.05, 0.1) is 24.2 Å². The van der Waals surface area contributed by atoms with Crippen molar-refractivity contribution in [3.63, 3.8) is 0 Å². The van der Waals surface area contributed by atoms with Crippen molar-refractivity contribution in [1.29, 1.82) is 0 Å². The molecule has 10 heteroatoms. The van der Waals surface area contributed by atoms with Gasteiger partial charge in [0.25, 0.3) is 5.91 Å². The summed E-state index contributed by atoms with van der Waals surface area (Å²) in [6.45, 7) is 0.0414. The van der Waals surface area contributed by atoms with E-state index in [1.54, 1.807) is 0 Å². The van der Waals surface area contributed by atoms with E-state index in [4.69, 9.17) is 14.6 Å². The standard InChI is InChI=1S/C18H17FN2O7/c1-27-14-8-7-12(18(23)24)15(21(25)26)16(14)28-10-4-9-20-17(22)11-5-2-3-6-13(11)19/h2-3,5-8H,4,9-10H2,1H3,(H,20,22)(H,23,24). The van der Waals surface area contributed by atoms with Gasteiger partial charge in [0.15, 0.2) is 5.75 Å². The Morgan fingerprint density at radius 1 is 1.21 bits per heavy atom. The lowest BCUT2D eigenvalue weighted by molar-refractivity contribution is -0.386. The first-order chi connectivity index (χ1) is 13.4. The summed E-state index contributed by atoms with van der Waals surface area (Å²) in [4.78, 5) is 33.5. The average Bonchev–Trinajstić information content (AvgIpc) is 2.66. The monoisotopic (exact) mass is 392 g/mol. The van der Waals surface area contributed by atoms with Gasteiger partial charge in [0.2, 0.25) is 5.75 Å². The molecule has 0 bridgehead atoms. The minimum absolute atomic E-state index is 0.00657. The third kappa shape index (κ3) is 4.72. The van der Waals surface area contributed by atoms with Gasteiger partial charge in [-0.3, -0.25) is 14.9 Å². The molecule has 9 nitrogen and oxygen atoms in total. The van der Waals surface area contributed by atoms with Crippen LogP contribution in [0.4, 0.5) is 10.1 Å². The normalized spacial score (nSPS) is 10.2. The Kier molecular flexibility index (Phi) is 6.85. The van der Waals surface area contributed by atoms with Gasteiger partial charge >= 0.3 is 11.7 Å². The van der Waals surface area contributed by atoms with Crippen molar-refractivity contribution in [1.82, 2.24) is 5.32 Å².